The van der Waals surface area contributed by atoms with Crippen LogP contribution < -0.4 is 0 Å². The predicted octanol–water partition coefficient (Wildman–Crippen LogP) is 0.248. The minimum absolute atomic E-state index is 0.581. The summed E-state index contributed by atoms with van der Waals surface area (Å²) in [5.41, 5.74) is 0. The Bertz CT molecular complexity index is 509. The van der Waals surface area contributed by atoms with Crippen molar-refractivity contribution in [2.75, 3.05) is 20.8 Å². The number of aryl methyl sites for hydroxylation is 1. The van der Waals surface area contributed by atoms with Gasteiger partial charge in [-0.15, -0.1) is 10.2 Å². The maximum atomic E-state index is 5.08. The van der Waals surface area contributed by atoms with Crippen molar-refractivity contribution >= 4 is 0 Å². The van der Waals surface area contributed by atoms with E-state index in [9.17, 15) is 0 Å². The predicted molar refractivity (Wildman–Crippen MR) is 66.1 cm³/mol. The van der Waals surface area contributed by atoms with E-state index < -0.39 is 0 Å². The van der Waals surface area contributed by atoms with Crippen molar-refractivity contribution in [2.45, 2.75) is 26.6 Å². The first-order chi connectivity index (χ1) is 9.19. The molecular weight excluding hydrogens is 248 g/mol. The molecule has 0 spiro atoms. The largest absolute Gasteiger partial charge is 0.383 e. The van der Waals surface area contributed by atoms with E-state index in [0.29, 0.717) is 31.4 Å². The van der Waals surface area contributed by atoms with Gasteiger partial charge >= 0.3 is 0 Å². The standard InChI is InChI=1S/C11H18N6O2/c1-9-13-11(19-15-9)7-16(2)6-10-14-12-8-17(10)4-5-18-3/h8H,4-7H2,1-3H3. The lowest BCUT2D eigenvalue weighted by Crippen LogP contribution is -2.21. The fourth-order valence-corrected chi connectivity index (χ4v) is 1.71. The zero-order valence-electron chi connectivity index (χ0n) is 11.4. The fourth-order valence-electron chi connectivity index (χ4n) is 1.71. The molecule has 0 aliphatic carbocycles. The Labute approximate surface area is 111 Å². The third-order valence-electron chi connectivity index (χ3n) is 2.62. The van der Waals surface area contributed by atoms with E-state index in [-0.39, 0.29) is 0 Å². The Balaban J connectivity index is 1.91. The molecule has 0 amide bonds. The highest BCUT2D eigenvalue weighted by molar-refractivity contribution is 4.87. The van der Waals surface area contributed by atoms with E-state index in [0.717, 1.165) is 12.4 Å². The van der Waals surface area contributed by atoms with Crippen molar-refractivity contribution in [3.05, 3.63) is 23.9 Å². The lowest BCUT2D eigenvalue weighted by atomic mass is 10.4. The third kappa shape index (κ3) is 3.83. The molecule has 104 valence electrons. The van der Waals surface area contributed by atoms with Crippen molar-refractivity contribution in [3.63, 3.8) is 0 Å². The number of ether oxygens (including phenoxy) is 1. The van der Waals surface area contributed by atoms with Crippen molar-refractivity contribution in [3.8, 4) is 0 Å². The second kappa shape index (κ2) is 6.39. The van der Waals surface area contributed by atoms with Crippen LogP contribution in [0, 0.1) is 6.92 Å². The summed E-state index contributed by atoms with van der Waals surface area (Å²) in [4.78, 5) is 6.21. The highest BCUT2D eigenvalue weighted by atomic mass is 16.5. The number of methoxy groups -OCH3 is 1. The summed E-state index contributed by atoms with van der Waals surface area (Å²) in [6, 6.07) is 0. The van der Waals surface area contributed by atoms with Gasteiger partial charge in [0.25, 0.3) is 0 Å². The SMILES string of the molecule is COCCn1cnnc1CN(C)Cc1nc(C)no1. The van der Waals surface area contributed by atoms with E-state index in [4.69, 9.17) is 9.26 Å². The van der Waals surface area contributed by atoms with Gasteiger partial charge in [-0.3, -0.25) is 4.90 Å². The van der Waals surface area contributed by atoms with Crippen LogP contribution in [0.1, 0.15) is 17.5 Å². The highest BCUT2D eigenvalue weighted by Gasteiger charge is 2.11. The van der Waals surface area contributed by atoms with E-state index in [1.54, 1.807) is 20.4 Å². The van der Waals surface area contributed by atoms with E-state index >= 15 is 0 Å². The Hall–Kier alpha value is -1.80. The van der Waals surface area contributed by atoms with Crippen LogP contribution >= 0.6 is 0 Å². The molecule has 0 aromatic carbocycles. The summed E-state index contributed by atoms with van der Waals surface area (Å²) in [5, 5.41) is 11.8. The number of rotatable bonds is 7. The summed E-state index contributed by atoms with van der Waals surface area (Å²) in [7, 11) is 3.64. The number of aromatic nitrogens is 5. The van der Waals surface area contributed by atoms with E-state index in [1.165, 1.54) is 0 Å². The smallest absolute Gasteiger partial charge is 0.240 e. The molecule has 2 rings (SSSR count). The maximum absolute atomic E-state index is 5.08. The lowest BCUT2D eigenvalue weighted by Gasteiger charge is -2.14. The van der Waals surface area contributed by atoms with Crippen molar-refractivity contribution in [2.24, 2.45) is 0 Å². The average molecular weight is 266 g/mol. The van der Waals surface area contributed by atoms with Gasteiger partial charge in [-0.1, -0.05) is 5.16 Å². The van der Waals surface area contributed by atoms with Crippen LogP contribution in [0.5, 0.6) is 0 Å². The lowest BCUT2D eigenvalue weighted by molar-refractivity contribution is 0.184. The van der Waals surface area contributed by atoms with Crippen LogP contribution in [0.15, 0.2) is 10.9 Å². The van der Waals surface area contributed by atoms with Gasteiger partial charge in [0.1, 0.15) is 12.2 Å². The highest BCUT2D eigenvalue weighted by Crippen LogP contribution is 2.05. The van der Waals surface area contributed by atoms with Gasteiger partial charge in [0.2, 0.25) is 5.89 Å². The molecule has 8 nitrogen and oxygen atoms in total. The molecule has 8 heteroatoms. The van der Waals surface area contributed by atoms with Crippen LogP contribution in [0.2, 0.25) is 0 Å². The zero-order valence-corrected chi connectivity index (χ0v) is 11.4. The Kier molecular flexibility index (Phi) is 4.58. The number of nitrogens with zero attached hydrogens (tertiary/aromatic N) is 6. The Morgan fingerprint density at radius 2 is 2.26 bits per heavy atom. The van der Waals surface area contributed by atoms with Gasteiger partial charge in [-0.2, -0.15) is 4.98 Å². The summed E-state index contributed by atoms with van der Waals surface area (Å²) < 4.78 is 12.1. The average Bonchev–Trinajstić information content (AvgIpc) is 2.96. The van der Waals surface area contributed by atoms with Gasteiger partial charge in [0.15, 0.2) is 5.82 Å². The van der Waals surface area contributed by atoms with Gasteiger partial charge < -0.3 is 13.8 Å². The van der Waals surface area contributed by atoms with Crippen LogP contribution in [0.3, 0.4) is 0 Å². The second-order valence-electron chi connectivity index (χ2n) is 4.34. The van der Waals surface area contributed by atoms with Crippen molar-refractivity contribution in [1.29, 1.82) is 0 Å². The van der Waals surface area contributed by atoms with E-state index in [1.807, 2.05) is 16.5 Å². The first-order valence-corrected chi connectivity index (χ1v) is 6.02. The molecule has 0 saturated heterocycles. The van der Waals surface area contributed by atoms with Crippen molar-refractivity contribution in [1.82, 2.24) is 29.8 Å². The molecule has 0 N–H and O–H groups in total. The topological polar surface area (TPSA) is 82.1 Å². The molecule has 2 aromatic rings. The molecule has 0 bridgehead atoms. The first kappa shape index (κ1) is 13.6. The Morgan fingerprint density at radius 1 is 1.42 bits per heavy atom. The summed E-state index contributed by atoms with van der Waals surface area (Å²) in [5.74, 6) is 2.13. The molecule has 0 radical (unpaired) electrons. The summed E-state index contributed by atoms with van der Waals surface area (Å²) in [6.45, 7) is 4.42. The normalized spacial score (nSPS) is 11.4. The van der Waals surface area contributed by atoms with Crippen molar-refractivity contribution < 1.29 is 9.26 Å². The first-order valence-electron chi connectivity index (χ1n) is 6.02. The monoisotopic (exact) mass is 266 g/mol. The molecule has 2 heterocycles. The maximum Gasteiger partial charge on any atom is 0.240 e. The third-order valence-corrected chi connectivity index (χ3v) is 2.62. The molecule has 0 unspecified atom stereocenters. The molecule has 0 atom stereocenters. The zero-order chi connectivity index (χ0) is 13.7. The molecule has 2 aromatic heterocycles. The minimum atomic E-state index is 0.581. The van der Waals surface area contributed by atoms with Crippen LogP contribution in [0.25, 0.3) is 0 Å². The number of hydrogen-bond donors (Lipinski definition) is 0. The molecular formula is C11H18N6O2. The molecule has 0 saturated carbocycles. The van der Waals surface area contributed by atoms with Crippen LogP contribution in [-0.4, -0.2) is 50.6 Å². The van der Waals surface area contributed by atoms with Gasteiger partial charge in [0, 0.05) is 13.7 Å². The molecule has 0 aliphatic rings. The summed E-state index contributed by atoms with van der Waals surface area (Å²) in [6.07, 6.45) is 1.71. The Morgan fingerprint density at radius 3 is 2.95 bits per heavy atom. The van der Waals surface area contributed by atoms with Gasteiger partial charge in [-0.05, 0) is 14.0 Å². The minimum Gasteiger partial charge on any atom is -0.383 e. The van der Waals surface area contributed by atoms with E-state index in [2.05, 4.69) is 20.3 Å². The van der Waals surface area contributed by atoms with Gasteiger partial charge in [-0.25, -0.2) is 0 Å². The van der Waals surface area contributed by atoms with Crippen LogP contribution in [-0.2, 0) is 24.4 Å². The molecule has 19 heavy (non-hydrogen) atoms. The molecule has 0 aliphatic heterocycles. The summed E-state index contributed by atoms with van der Waals surface area (Å²) >= 11 is 0. The number of hydrogen-bond acceptors (Lipinski definition) is 7. The second-order valence-corrected chi connectivity index (χ2v) is 4.34. The van der Waals surface area contributed by atoms with Crippen LogP contribution in [0.4, 0.5) is 0 Å². The van der Waals surface area contributed by atoms with Gasteiger partial charge in [0.05, 0.1) is 19.7 Å². The quantitative estimate of drug-likeness (QED) is 0.710. The molecule has 0 fully saturated rings. The fraction of sp³-hybridized carbons (Fsp3) is 0.636.